The fourth-order valence-electron chi connectivity index (χ4n) is 6.27. The van der Waals surface area contributed by atoms with Gasteiger partial charge in [-0.15, -0.1) is 0 Å². The van der Waals surface area contributed by atoms with Crippen LogP contribution < -0.4 is 14.8 Å². The zero-order valence-electron chi connectivity index (χ0n) is 25.9. The lowest BCUT2D eigenvalue weighted by Crippen LogP contribution is -2.61. The number of amides is 2. The van der Waals surface area contributed by atoms with Crippen LogP contribution in [0.5, 0.6) is 11.5 Å². The van der Waals surface area contributed by atoms with E-state index in [1.807, 2.05) is 60.0 Å². The van der Waals surface area contributed by atoms with Crippen molar-refractivity contribution in [2.24, 2.45) is 0 Å². The zero-order chi connectivity index (χ0) is 31.7. The number of ether oxygens (including phenoxy) is 2. The summed E-state index contributed by atoms with van der Waals surface area (Å²) in [7, 11) is 0. The molecular formula is C36H39ClFN3O4. The SMILES string of the molecule is CC(=O)N1CC2CC(c3ccc(OCCOc4cc(C)c(C)cc4Cl)cc3)=C(C(=O)N(Cc3ccccc3F)C3CC3)[C@@H](C1)N2. The first-order chi connectivity index (χ1) is 21.7. The van der Waals surface area contributed by atoms with Gasteiger partial charge in [0.1, 0.15) is 30.5 Å². The normalized spacial score (nSPS) is 19.4. The molecule has 0 aromatic heterocycles. The first-order valence-electron chi connectivity index (χ1n) is 15.6. The Morgan fingerprint density at radius 2 is 1.71 bits per heavy atom. The molecule has 2 atom stereocenters. The minimum atomic E-state index is -0.314. The van der Waals surface area contributed by atoms with E-state index in [0.717, 1.165) is 35.1 Å². The van der Waals surface area contributed by atoms with E-state index in [-0.39, 0.29) is 42.3 Å². The van der Waals surface area contributed by atoms with Gasteiger partial charge in [0.15, 0.2) is 0 Å². The van der Waals surface area contributed by atoms with E-state index in [2.05, 4.69) is 5.32 Å². The lowest BCUT2D eigenvalue weighted by atomic mass is 9.82. The number of carbonyl (C=O) groups is 2. The van der Waals surface area contributed by atoms with Crippen LogP contribution in [0.4, 0.5) is 4.39 Å². The number of fused-ring (bicyclic) bond motifs is 2. The number of hydrogen-bond acceptors (Lipinski definition) is 5. The molecule has 1 saturated heterocycles. The van der Waals surface area contributed by atoms with Crippen molar-refractivity contribution in [1.82, 2.24) is 15.1 Å². The summed E-state index contributed by atoms with van der Waals surface area (Å²) in [6, 6.07) is 18.1. The molecule has 3 aromatic rings. The van der Waals surface area contributed by atoms with Crippen molar-refractivity contribution in [3.63, 3.8) is 0 Å². The predicted molar refractivity (Wildman–Crippen MR) is 173 cm³/mol. The molecular weight excluding hydrogens is 593 g/mol. The largest absolute Gasteiger partial charge is 0.490 e. The maximum absolute atomic E-state index is 14.7. The summed E-state index contributed by atoms with van der Waals surface area (Å²) in [5, 5.41) is 4.18. The molecule has 3 aliphatic rings. The number of carbonyl (C=O) groups excluding carboxylic acids is 2. The van der Waals surface area contributed by atoms with Crippen molar-refractivity contribution in [1.29, 1.82) is 0 Å². The molecule has 3 aromatic carbocycles. The number of halogens is 2. The minimum absolute atomic E-state index is 0.00239. The smallest absolute Gasteiger partial charge is 0.252 e. The Balaban J connectivity index is 1.22. The maximum atomic E-state index is 14.7. The molecule has 1 unspecified atom stereocenters. The van der Waals surface area contributed by atoms with E-state index in [1.54, 1.807) is 25.1 Å². The van der Waals surface area contributed by atoms with Gasteiger partial charge in [0.25, 0.3) is 5.91 Å². The van der Waals surface area contributed by atoms with Crippen LogP contribution in [0.3, 0.4) is 0 Å². The molecule has 45 heavy (non-hydrogen) atoms. The molecule has 6 rings (SSSR count). The van der Waals surface area contributed by atoms with Crippen molar-refractivity contribution in [2.45, 2.75) is 64.7 Å². The zero-order valence-corrected chi connectivity index (χ0v) is 26.7. The van der Waals surface area contributed by atoms with Crippen molar-refractivity contribution >= 4 is 29.0 Å². The number of aryl methyl sites for hydroxylation is 2. The third-order valence-corrected chi connectivity index (χ3v) is 9.28. The molecule has 2 aliphatic heterocycles. The topological polar surface area (TPSA) is 71.1 Å². The molecule has 2 bridgehead atoms. The molecule has 236 valence electrons. The van der Waals surface area contributed by atoms with Crippen LogP contribution in [0.2, 0.25) is 5.02 Å². The van der Waals surface area contributed by atoms with Gasteiger partial charge in [-0.3, -0.25) is 9.59 Å². The molecule has 2 amide bonds. The molecule has 0 radical (unpaired) electrons. The van der Waals surface area contributed by atoms with E-state index >= 15 is 0 Å². The van der Waals surface area contributed by atoms with Gasteiger partial charge in [0.05, 0.1) is 11.1 Å². The van der Waals surface area contributed by atoms with Gasteiger partial charge in [0.2, 0.25) is 5.91 Å². The van der Waals surface area contributed by atoms with Crippen molar-refractivity contribution in [2.75, 3.05) is 26.3 Å². The summed E-state index contributed by atoms with van der Waals surface area (Å²) in [6.07, 6.45) is 2.40. The Bertz CT molecular complexity index is 1620. The lowest BCUT2D eigenvalue weighted by Gasteiger charge is -2.44. The van der Waals surface area contributed by atoms with Crippen LogP contribution in [0.15, 0.2) is 66.2 Å². The van der Waals surface area contributed by atoms with Gasteiger partial charge in [-0.2, -0.15) is 0 Å². The molecule has 7 nitrogen and oxygen atoms in total. The van der Waals surface area contributed by atoms with Gasteiger partial charge in [0, 0.05) is 49.8 Å². The van der Waals surface area contributed by atoms with Gasteiger partial charge in [-0.1, -0.05) is 41.9 Å². The first kappa shape index (κ1) is 31.1. The van der Waals surface area contributed by atoms with Crippen LogP contribution in [-0.2, 0) is 16.1 Å². The standard InChI is InChI=1S/C36H39ClFN3O4/c1-22-16-31(37)34(17-23(22)2)45-15-14-44-29-12-8-25(9-13-29)30-18-27-20-40(24(3)42)21-33(39-27)35(30)36(43)41(28-10-11-28)19-26-6-4-5-7-32(26)38/h4-9,12-13,16-17,27-28,33,39H,10-11,14-15,18-21H2,1-3H3/t27?,33-/m1/s1. The average molecular weight is 632 g/mol. The monoisotopic (exact) mass is 631 g/mol. The minimum Gasteiger partial charge on any atom is -0.490 e. The highest BCUT2D eigenvalue weighted by molar-refractivity contribution is 6.32. The molecule has 2 fully saturated rings. The Labute approximate surface area is 268 Å². The summed E-state index contributed by atoms with van der Waals surface area (Å²) >= 11 is 6.33. The second-order valence-electron chi connectivity index (χ2n) is 12.3. The highest BCUT2D eigenvalue weighted by atomic mass is 35.5. The van der Waals surface area contributed by atoms with Gasteiger partial charge >= 0.3 is 0 Å². The van der Waals surface area contributed by atoms with Crippen molar-refractivity contribution in [3.05, 3.63) is 99.3 Å². The van der Waals surface area contributed by atoms with Crippen LogP contribution in [0.1, 0.15) is 48.4 Å². The van der Waals surface area contributed by atoms with Crippen LogP contribution in [-0.4, -0.2) is 66.0 Å². The highest BCUT2D eigenvalue weighted by Crippen LogP contribution is 2.38. The average Bonchev–Trinajstić information content (AvgIpc) is 3.86. The predicted octanol–water partition coefficient (Wildman–Crippen LogP) is 6.09. The van der Waals surface area contributed by atoms with Gasteiger partial charge in [-0.05, 0) is 85.7 Å². The fraction of sp³-hybridized carbons (Fsp3) is 0.389. The van der Waals surface area contributed by atoms with Crippen molar-refractivity contribution in [3.8, 4) is 11.5 Å². The Hall–Kier alpha value is -3.88. The molecule has 1 saturated carbocycles. The van der Waals surface area contributed by atoms with Crippen LogP contribution in [0, 0.1) is 19.7 Å². The van der Waals surface area contributed by atoms with Crippen LogP contribution in [0.25, 0.3) is 5.57 Å². The number of nitrogens with one attached hydrogen (secondary N) is 1. The fourth-order valence-corrected chi connectivity index (χ4v) is 6.54. The Morgan fingerprint density at radius 1 is 1.00 bits per heavy atom. The molecule has 1 N–H and O–H groups in total. The number of benzene rings is 3. The summed E-state index contributed by atoms with van der Waals surface area (Å²) in [6.45, 7) is 7.50. The number of piperazine rings is 1. The summed E-state index contributed by atoms with van der Waals surface area (Å²) in [5.41, 5.74) is 5.30. The van der Waals surface area contributed by atoms with E-state index in [4.69, 9.17) is 21.1 Å². The molecule has 1 aliphatic carbocycles. The summed E-state index contributed by atoms with van der Waals surface area (Å²) in [4.78, 5) is 30.4. The highest BCUT2D eigenvalue weighted by Gasteiger charge is 2.43. The number of hydrogen-bond donors (Lipinski definition) is 1. The summed E-state index contributed by atoms with van der Waals surface area (Å²) < 4.78 is 26.5. The number of nitrogens with zero attached hydrogens (tertiary/aromatic N) is 2. The van der Waals surface area contributed by atoms with E-state index in [9.17, 15) is 14.0 Å². The Kier molecular flexibility index (Phi) is 9.15. The second-order valence-corrected chi connectivity index (χ2v) is 12.7. The molecule has 2 heterocycles. The van der Waals surface area contributed by atoms with Crippen molar-refractivity contribution < 1.29 is 23.5 Å². The van der Waals surface area contributed by atoms with Gasteiger partial charge < -0.3 is 24.6 Å². The van der Waals surface area contributed by atoms with E-state index in [1.165, 1.54) is 6.07 Å². The third kappa shape index (κ3) is 7.02. The summed E-state index contributed by atoms with van der Waals surface area (Å²) in [5.74, 6) is 0.915. The second kappa shape index (κ2) is 13.2. The van der Waals surface area contributed by atoms with Gasteiger partial charge in [-0.25, -0.2) is 4.39 Å². The van der Waals surface area contributed by atoms with Crippen LogP contribution >= 0.6 is 11.6 Å². The van der Waals surface area contributed by atoms with E-state index < -0.39 is 0 Å². The quantitative estimate of drug-likeness (QED) is 0.274. The lowest BCUT2D eigenvalue weighted by molar-refractivity contribution is -0.132. The first-order valence-corrected chi connectivity index (χ1v) is 16.0. The maximum Gasteiger partial charge on any atom is 0.252 e. The molecule has 9 heteroatoms. The third-order valence-electron chi connectivity index (χ3n) is 8.99. The van der Waals surface area contributed by atoms with E-state index in [0.29, 0.717) is 60.4 Å². The molecule has 0 spiro atoms. The number of rotatable bonds is 10. The Morgan fingerprint density at radius 3 is 2.42 bits per heavy atom.